The molecule has 5 heteroatoms. The zero-order chi connectivity index (χ0) is 15.4. The Balaban J connectivity index is 1.81. The first-order chi connectivity index (χ1) is 9.93. The molecule has 0 aromatic heterocycles. The largest absolute Gasteiger partial charge is 0.481 e. The second-order valence-corrected chi connectivity index (χ2v) is 6.82. The van der Waals surface area contributed by atoms with E-state index in [0.29, 0.717) is 29.3 Å². The van der Waals surface area contributed by atoms with Gasteiger partial charge in [-0.2, -0.15) is 0 Å². The first-order valence-corrected chi connectivity index (χ1v) is 7.89. The van der Waals surface area contributed by atoms with Crippen LogP contribution in [-0.2, 0) is 16.0 Å². The van der Waals surface area contributed by atoms with Gasteiger partial charge in [0.1, 0.15) is 5.78 Å². The molecule has 3 nitrogen and oxygen atoms in total. The predicted octanol–water partition coefficient (Wildman–Crippen LogP) is 3.85. The predicted molar refractivity (Wildman–Crippen MR) is 80.6 cm³/mol. The molecule has 0 bridgehead atoms. The summed E-state index contributed by atoms with van der Waals surface area (Å²) in [4.78, 5) is 23.9. The summed E-state index contributed by atoms with van der Waals surface area (Å²) < 4.78 is 0. The molecule has 112 valence electrons. The highest BCUT2D eigenvalue weighted by Gasteiger charge is 2.75. The lowest BCUT2D eigenvalue weighted by molar-refractivity contribution is -0.142. The lowest BCUT2D eigenvalue weighted by atomic mass is 9.86. The highest BCUT2D eigenvalue weighted by atomic mass is 35.5. The summed E-state index contributed by atoms with van der Waals surface area (Å²) in [6.45, 7) is 1.91. The van der Waals surface area contributed by atoms with Crippen LogP contribution in [-0.4, -0.2) is 16.9 Å². The normalized spacial score (nSPS) is 33.9. The molecule has 0 heterocycles. The zero-order valence-electron chi connectivity index (χ0n) is 11.6. The maximum absolute atomic E-state index is 12.7. The van der Waals surface area contributed by atoms with Gasteiger partial charge >= 0.3 is 5.97 Å². The van der Waals surface area contributed by atoms with E-state index in [1.54, 1.807) is 6.07 Å². The van der Waals surface area contributed by atoms with Gasteiger partial charge in [0, 0.05) is 11.3 Å². The van der Waals surface area contributed by atoms with Crippen LogP contribution in [0.3, 0.4) is 0 Å². The lowest BCUT2D eigenvalue weighted by Gasteiger charge is -2.17. The molecule has 21 heavy (non-hydrogen) atoms. The highest BCUT2D eigenvalue weighted by molar-refractivity contribution is 6.42. The fourth-order valence-corrected chi connectivity index (χ4v) is 4.59. The van der Waals surface area contributed by atoms with Gasteiger partial charge < -0.3 is 5.11 Å². The summed E-state index contributed by atoms with van der Waals surface area (Å²) in [5, 5.41) is 10.2. The van der Waals surface area contributed by atoms with Crippen LogP contribution in [0.5, 0.6) is 0 Å². The van der Waals surface area contributed by atoms with E-state index in [0.717, 1.165) is 5.56 Å². The zero-order valence-corrected chi connectivity index (χ0v) is 13.1. The smallest absolute Gasteiger partial charge is 0.307 e. The lowest BCUT2D eigenvalue weighted by Crippen LogP contribution is -2.26. The average molecular weight is 327 g/mol. The SMILES string of the molecule is CCC12C(=O)C(Cc3cccc(Cl)c3Cl)CC1C2C(=O)O. The first-order valence-electron chi connectivity index (χ1n) is 7.13. The second-order valence-electron chi connectivity index (χ2n) is 6.03. The molecule has 2 aliphatic carbocycles. The summed E-state index contributed by atoms with van der Waals surface area (Å²) in [6.07, 6.45) is 1.79. The molecule has 1 aromatic carbocycles. The van der Waals surface area contributed by atoms with Gasteiger partial charge in [-0.1, -0.05) is 42.3 Å². The highest BCUT2D eigenvalue weighted by Crippen LogP contribution is 2.70. The molecular formula is C16H16Cl2O3. The summed E-state index contributed by atoms with van der Waals surface area (Å²) in [7, 11) is 0. The summed E-state index contributed by atoms with van der Waals surface area (Å²) in [5.74, 6) is -1.37. The van der Waals surface area contributed by atoms with Crippen molar-refractivity contribution in [3.63, 3.8) is 0 Å². The van der Waals surface area contributed by atoms with Crippen LogP contribution < -0.4 is 0 Å². The molecule has 1 N–H and O–H groups in total. The minimum atomic E-state index is -0.838. The van der Waals surface area contributed by atoms with Gasteiger partial charge in [0.2, 0.25) is 0 Å². The van der Waals surface area contributed by atoms with E-state index < -0.39 is 17.3 Å². The molecule has 0 spiro atoms. The van der Waals surface area contributed by atoms with Crippen LogP contribution in [0.25, 0.3) is 0 Å². The molecule has 0 radical (unpaired) electrons. The van der Waals surface area contributed by atoms with E-state index in [1.807, 2.05) is 19.1 Å². The molecular weight excluding hydrogens is 311 g/mol. The Morgan fingerprint density at radius 1 is 1.43 bits per heavy atom. The van der Waals surface area contributed by atoms with Crippen molar-refractivity contribution in [3.05, 3.63) is 33.8 Å². The molecule has 4 unspecified atom stereocenters. The molecule has 0 amide bonds. The van der Waals surface area contributed by atoms with E-state index in [1.165, 1.54) is 0 Å². The Kier molecular flexibility index (Phi) is 3.53. The fourth-order valence-electron chi connectivity index (χ4n) is 4.19. The number of halogens is 2. The standard InChI is InChI=1S/C16H16Cl2O3/c1-2-16-10(12(16)15(20)21)7-9(14(16)19)6-8-4-3-5-11(17)13(8)18/h3-5,9-10,12H,2,6-7H2,1H3,(H,20,21). The Morgan fingerprint density at radius 3 is 2.71 bits per heavy atom. The number of carbonyl (C=O) groups is 2. The van der Waals surface area contributed by atoms with Gasteiger partial charge in [0.05, 0.1) is 16.0 Å². The van der Waals surface area contributed by atoms with E-state index >= 15 is 0 Å². The van der Waals surface area contributed by atoms with Gasteiger partial charge in [0.25, 0.3) is 0 Å². The topological polar surface area (TPSA) is 54.4 Å². The Bertz CT molecular complexity index is 628. The third-order valence-corrected chi connectivity index (χ3v) is 6.08. The van der Waals surface area contributed by atoms with Crippen molar-refractivity contribution in [1.82, 2.24) is 0 Å². The van der Waals surface area contributed by atoms with Crippen LogP contribution in [0.4, 0.5) is 0 Å². The molecule has 2 fully saturated rings. The number of carboxylic acids is 1. The van der Waals surface area contributed by atoms with Crippen molar-refractivity contribution in [1.29, 1.82) is 0 Å². The first kappa shape index (κ1) is 14.9. The number of carboxylic acid groups (broad SMARTS) is 1. The van der Waals surface area contributed by atoms with Crippen molar-refractivity contribution in [2.24, 2.45) is 23.2 Å². The van der Waals surface area contributed by atoms with Gasteiger partial charge in [0.15, 0.2) is 0 Å². The van der Waals surface area contributed by atoms with E-state index in [9.17, 15) is 14.7 Å². The average Bonchev–Trinajstić information content (AvgIpc) is 3.03. The van der Waals surface area contributed by atoms with Crippen LogP contribution in [0.1, 0.15) is 25.3 Å². The van der Waals surface area contributed by atoms with Crippen LogP contribution in [0, 0.1) is 23.2 Å². The number of fused-ring (bicyclic) bond motifs is 1. The third-order valence-electron chi connectivity index (χ3n) is 5.23. The quantitative estimate of drug-likeness (QED) is 0.914. The van der Waals surface area contributed by atoms with Gasteiger partial charge in [-0.15, -0.1) is 0 Å². The van der Waals surface area contributed by atoms with Crippen LogP contribution in [0.15, 0.2) is 18.2 Å². The maximum atomic E-state index is 12.7. The Labute approximate surface area is 133 Å². The van der Waals surface area contributed by atoms with E-state index in [2.05, 4.69) is 0 Å². The summed E-state index contributed by atoms with van der Waals surface area (Å²) in [6, 6.07) is 5.41. The summed E-state index contributed by atoms with van der Waals surface area (Å²) in [5.41, 5.74) is 0.239. The second kappa shape index (κ2) is 4.99. The maximum Gasteiger partial charge on any atom is 0.307 e. The minimum absolute atomic E-state index is 0.00420. The number of hydrogen-bond acceptors (Lipinski definition) is 2. The van der Waals surface area contributed by atoms with Crippen molar-refractivity contribution in [2.75, 3.05) is 0 Å². The Hall–Kier alpha value is -1.06. The van der Waals surface area contributed by atoms with Gasteiger partial charge in [-0.05, 0) is 36.8 Å². The van der Waals surface area contributed by atoms with Crippen molar-refractivity contribution in [2.45, 2.75) is 26.2 Å². The number of rotatable bonds is 4. The number of aliphatic carboxylic acids is 1. The number of Topliss-reactive ketones (excluding diaryl/α,β-unsaturated/α-hetero) is 1. The third kappa shape index (κ3) is 2.01. The monoisotopic (exact) mass is 326 g/mol. The van der Waals surface area contributed by atoms with Crippen molar-refractivity contribution < 1.29 is 14.7 Å². The molecule has 0 saturated heterocycles. The van der Waals surface area contributed by atoms with Gasteiger partial charge in [-0.3, -0.25) is 9.59 Å². The molecule has 3 rings (SSSR count). The Morgan fingerprint density at radius 2 is 2.14 bits per heavy atom. The fraction of sp³-hybridized carbons (Fsp3) is 0.500. The van der Waals surface area contributed by atoms with Crippen LogP contribution >= 0.6 is 23.2 Å². The van der Waals surface area contributed by atoms with Crippen molar-refractivity contribution in [3.8, 4) is 0 Å². The van der Waals surface area contributed by atoms with Crippen molar-refractivity contribution >= 4 is 35.0 Å². The molecule has 2 saturated carbocycles. The number of carbonyl (C=O) groups excluding carboxylic acids is 1. The molecule has 1 aromatic rings. The molecule has 0 aliphatic heterocycles. The minimum Gasteiger partial charge on any atom is -0.481 e. The number of hydrogen-bond donors (Lipinski definition) is 1. The summed E-state index contributed by atoms with van der Waals surface area (Å²) >= 11 is 12.2. The molecule has 4 atom stereocenters. The van der Waals surface area contributed by atoms with Crippen LogP contribution in [0.2, 0.25) is 10.0 Å². The number of benzene rings is 1. The number of ketones is 1. The van der Waals surface area contributed by atoms with E-state index in [4.69, 9.17) is 23.2 Å². The van der Waals surface area contributed by atoms with E-state index in [-0.39, 0.29) is 17.6 Å². The molecule has 2 aliphatic rings. The van der Waals surface area contributed by atoms with Gasteiger partial charge in [-0.25, -0.2) is 0 Å².